The second-order valence-corrected chi connectivity index (χ2v) is 22.5. The maximum Gasteiger partial charge on any atom is 0.160 e. The van der Waals surface area contributed by atoms with E-state index in [0.717, 1.165) is 12.8 Å². The van der Waals surface area contributed by atoms with Gasteiger partial charge in [0.1, 0.15) is 69.2 Å². The number of benzene rings is 2. The Labute approximate surface area is 417 Å². The molecule has 2 aromatic carbocycles. The second kappa shape index (κ2) is 22.7. The Balaban J connectivity index is 0.000000206. The van der Waals surface area contributed by atoms with Gasteiger partial charge in [-0.25, -0.2) is 36.8 Å². The van der Waals surface area contributed by atoms with Crippen LogP contribution in [0.1, 0.15) is 99.2 Å². The summed E-state index contributed by atoms with van der Waals surface area (Å²) in [7, 11) is -1.20. The van der Waals surface area contributed by atoms with Crippen LogP contribution in [0.4, 0.5) is 0 Å². The summed E-state index contributed by atoms with van der Waals surface area (Å²) in [5.74, 6) is 2.95. The third-order valence-corrected chi connectivity index (χ3v) is 17.4. The summed E-state index contributed by atoms with van der Waals surface area (Å²) in [5.41, 5.74) is 1.10. The average Bonchev–Trinajstić information content (AvgIpc) is 4.22. The van der Waals surface area contributed by atoms with E-state index in [4.69, 9.17) is 51.6 Å². The number of halogens is 2. The molecule has 70 heavy (non-hydrogen) atoms. The van der Waals surface area contributed by atoms with Crippen molar-refractivity contribution in [3.63, 3.8) is 0 Å². The number of rotatable bonds is 18. The van der Waals surface area contributed by atoms with Gasteiger partial charge in [0.2, 0.25) is 0 Å². The molecule has 0 spiro atoms. The van der Waals surface area contributed by atoms with E-state index in [1.165, 1.54) is 24.8 Å². The van der Waals surface area contributed by atoms with Gasteiger partial charge in [-0.1, -0.05) is 49.2 Å². The molecule has 6 atom stereocenters. The minimum Gasteiger partial charge on any atom is -0.494 e. The number of ether oxygens (including phenoxy) is 6. The minimum atomic E-state index is -3.70. The van der Waals surface area contributed by atoms with Gasteiger partial charge in [0.05, 0.1) is 62.2 Å². The molecule has 2 saturated heterocycles. The molecule has 0 aliphatic carbocycles. The van der Waals surface area contributed by atoms with Crippen LogP contribution in [0, 0.1) is 0 Å². The van der Waals surface area contributed by atoms with Crippen molar-refractivity contribution >= 4 is 42.9 Å². The molecule has 2 aliphatic heterocycles. The molecule has 6 aromatic rings. The molecule has 4 aromatic heterocycles. The molecule has 2 fully saturated rings. The monoisotopic (exact) mass is 1040 g/mol. The molecule has 0 N–H and O–H groups in total. The van der Waals surface area contributed by atoms with E-state index in [-0.39, 0.29) is 35.0 Å². The van der Waals surface area contributed by atoms with E-state index in [2.05, 4.69) is 40.3 Å². The Bertz CT molecular complexity index is 2710. The fourth-order valence-corrected chi connectivity index (χ4v) is 11.5. The third kappa shape index (κ3) is 11.3. The van der Waals surface area contributed by atoms with Gasteiger partial charge >= 0.3 is 0 Å². The van der Waals surface area contributed by atoms with Crippen molar-refractivity contribution in [1.82, 2.24) is 49.5 Å². The Hall–Kier alpha value is -5.52. The Morgan fingerprint density at radius 1 is 0.571 bits per heavy atom. The average molecular weight is 1040 g/mol. The van der Waals surface area contributed by atoms with Crippen molar-refractivity contribution in [3.8, 4) is 34.4 Å². The van der Waals surface area contributed by atoms with Crippen molar-refractivity contribution < 1.29 is 45.3 Å². The largest absolute Gasteiger partial charge is 0.494 e. The predicted octanol–water partition coefficient (Wildman–Crippen LogP) is 6.68. The normalized spacial score (nSPS) is 17.8. The fraction of sp³-hybridized carbons (Fsp3) is 0.478. The highest BCUT2D eigenvalue weighted by Gasteiger charge is 2.37. The van der Waals surface area contributed by atoms with Crippen LogP contribution < -0.4 is 18.9 Å². The number of hydrogen-bond donors (Lipinski definition) is 0. The summed E-state index contributed by atoms with van der Waals surface area (Å²) in [6.07, 6.45) is 7.34. The third-order valence-electron chi connectivity index (χ3n) is 12.6. The number of para-hydroxylation sites is 2. The van der Waals surface area contributed by atoms with Crippen LogP contribution >= 0.6 is 23.2 Å². The maximum absolute atomic E-state index is 13.6. The Kier molecular flexibility index (Phi) is 17.0. The Morgan fingerprint density at radius 2 is 0.900 bits per heavy atom. The molecular formula is C46H56Cl2N10O10S2. The van der Waals surface area contributed by atoms with Gasteiger partial charge < -0.3 is 28.4 Å². The van der Waals surface area contributed by atoms with E-state index in [1.54, 1.807) is 102 Å². The quantitative estimate of drug-likeness (QED) is 0.0873. The lowest BCUT2D eigenvalue weighted by atomic mass is 10.1. The highest BCUT2D eigenvalue weighted by atomic mass is 35.5. The predicted molar refractivity (Wildman–Crippen MR) is 260 cm³/mol. The molecule has 0 unspecified atom stereocenters. The number of aromatic nitrogens is 10. The zero-order valence-electron chi connectivity index (χ0n) is 40.0. The highest BCUT2D eigenvalue weighted by Crippen LogP contribution is 2.40. The van der Waals surface area contributed by atoms with Crippen LogP contribution in [0.3, 0.4) is 0 Å². The van der Waals surface area contributed by atoms with Gasteiger partial charge in [-0.3, -0.25) is 9.13 Å². The summed E-state index contributed by atoms with van der Waals surface area (Å²) in [4.78, 5) is 16.8. The lowest BCUT2D eigenvalue weighted by Crippen LogP contribution is -2.27. The summed E-state index contributed by atoms with van der Waals surface area (Å²) in [6.45, 7) is 9.00. The van der Waals surface area contributed by atoms with E-state index in [0.29, 0.717) is 94.1 Å². The summed E-state index contributed by atoms with van der Waals surface area (Å²) < 4.78 is 91.2. The van der Waals surface area contributed by atoms with E-state index in [9.17, 15) is 16.8 Å². The molecular weight excluding hydrogens is 988 g/mol. The molecule has 6 heterocycles. The van der Waals surface area contributed by atoms with Crippen molar-refractivity contribution in [2.75, 3.05) is 54.9 Å². The second-order valence-electron chi connectivity index (χ2n) is 16.9. The fourth-order valence-electron chi connectivity index (χ4n) is 8.22. The molecule has 0 radical (unpaired) electrons. The molecule has 376 valence electrons. The number of hydrogen-bond acceptors (Lipinski definition) is 18. The zero-order valence-corrected chi connectivity index (χ0v) is 43.2. The van der Waals surface area contributed by atoms with E-state index >= 15 is 0 Å². The first kappa shape index (κ1) is 52.3. The molecule has 0 amide bonds. The number of methoxy groups -OCH3 is 4. The lowest BCUT2D eigenvalue weighted by molar-refractivity contribution is 0.193. The molecule has 8 rings (SSSR count). The van der Waals surface area contributed by atoms with Crippen LogP contribution in [-0.2, 0) is 40.7 Å². The van der Waals surface area contributed by atoms with Crippen LogP contribution in [0.25, 0.3) is 11.4 Å². The van der Waals surface area contributed by atoms with Crippen molar-refractivity contribution in [2.45, 2.75) is 86.2 Å². The molecule has 20 nitrogen and oxygen atoms in total. The van der Waals surface area contributed by atoms with Crippen LogP contribution in [0.15, 0.2) is 61.2 Å². The van der Waals surface area contributed by atoms with Crippen LogP contribution in [0.5, 0.6) is 23.0 Å². The first-order valence-corrected chi connectivity index (χ1v) is 26.6. The lowest BCUT2D eigenvalue weighted by Gasteiger charge is -2.21. The SMILES string of the molecule is COc1cccc(OC)c1-n1c(CS(=O)(=O)[C@@H](C)[C@H](C)c2ncc(Cl)cn2)nnc1[C@@H]1CCOC1.COc1cccc(OC)c1-n1c(CS(=O)(=O)[C@@H](C)[C@H](C)c2ncc(Cl)cn2)nnc1[C@H]1CCOC1. The molecule has 0 bridgehead atoms. The molecule has 24 heteroatoms. The van der Waals surface area contributed by atoms with Crippen molar-refractivity contribution in [2.24, 2.45) is 0 Å². The topological polar surface area (TPSA) is 237 Å². The molecule has 0 saturated carbocycles. The maximum atomic E-state index is 13.6. The smallest absolute Gasteiger partial charge is 0.160 e. The first-order valence-electron chi connectivity index (χ1n) is 22.4. The summed E-state index contributed by atoms with van der Waals surface area (Å²) in [6, 6.07) is 10.7. The van der Waals surface area contributed by atoms with E-state index in [1.807, 2.05) is 0 Å². The summed E-state index contributed by atoms with van der Waals surface area (Å²) >= 11 is 11.8. The summed E-state index contributed by atoms with van der Waals surface area (Å²) in [5, 5.41) is 16.6. The van der Waals surface area contributed by atoms with Gasteiger partial charge in [0.25, 0.3) is 0 Å². The number of sulfone groups is 2. The zero-order chi connectivity index (χ0) is 50.3. The van der Waals surface area contributed by atoms with Crippen LogP contribution in [0.2, 0.25) is 10.0 Å². The Morgan fingerprint density at radius 3 is 1.19 bits per heavy atom. The van der Waals surface area contributed by atoms with Gasteiger partial charge in [-0.2, -0.15) is 0 Å². The first-order chi connectivity index (χ1) is 33.5. The van der Waals surface area contributed by atoms with Crippen LogP contribution in [-0.4, -0.2) is 132 Å². The minimum absolute atomic E-state index is 0.0348. The van der Waals surface area contributed by atoms with E-state index < -0.39 is 42.0 Å². The molecule has 2 aliphatic rings. The standard InChI is InChI=1S/2C23H28ClN5O5S/c2*1-14(22-25-10-17(24)11-26-22)15(2)35(30,31)13-20-27-28-23(16-8-9-34-12-16)29(20)21-18(32-3)6-5-7-19(21)33-4/h2*5-7,10-11,14-16H,8-9,12-13H2,1-4H3/t14-,15-,16+;14-,15-,16-/m00/s1. The van der Waals surface area contributed by atoms with Gasteiger partial charge in [0.15, 0.2) is 31.3 Å². The van der Waals surface area contributed by atoms with Gasteiger partial charge in [-0.05, 0) is 51.0 Å². The van der Waals surface area contributed by atoms with Crippen molar-refractivity contribution in [3.05, 3.63) is 106 Å². The number of nitrogens with zero attached hydrogens (tertiary/aromatic N) is 10. The van der Waals surface area contributed by atoms with Gasteiger partial charge in [-0.15, -0.1) is 20.4 Å². The van der Waals surface area contributed by atoms with Crippen molar-refractivity contribution in [1.29, 1.82) is 0 Å². The highest BCUT2D eigenvalue weighted by molar-refractivity contribution is 7.91. The van der Waals surface area contributed by atoms with Gasteiger partial charge in [0, 0.05) is 61.7 Å².